The summed E-state index contributed by atoms with van der Waals surface area (Å²) in [5, 5.41) is 3.68. The first-order valence-corrected chi connectivity index (χ1v) is 18.3. The number of likely N-dealkylation sites (N-methyl/N-ethyl adjacent to an activating group) is 1. The molecule has 0 saturated heterocycles. The lowest BCUT2D eigenvalue weighted by molar-refractivity contribution is 0.0401. The second-order valence-corrected chi connectivity index (χ2v) is 14.4. The largest absolute Gasteiger partial charge is 0.336 e. The fourth-order valence-electron chi connectivity index (χ4n) is 8.04. The minimum Gasteiger partial charge on any atom is -0.336 e. The van der Waals surface area contributed by atoms with Gasteiger partial charge in [-0.15, -0.1) is 24.8 Å². The number of carbonyl (C=O) groups excluding carboxylic acids is 1. The maximum absolute atomic E-state index is 13.1. The molecule has 0 aromatic heterocycles. The maximum Gasteiger partial charge on any atom is 0.254 e. The fraction of sp³-hybridized carbons (Fsp3) is 0.548. The Labute approximate surface area is 311 Å². The molecule has 1 N–H and O–H groups in total. The minimum atomic E-state index is 0. The standard InChI is InChI=1S/C25H34N2O.C17H28N2.2ClH/c1-4-19-27(24(28)22-13-9-6-10-14-22)23-15-17-25(18-16-23,26(2)3)20-21-11-7-5-8-12-21;1-4-14-18-16-10-12-17(13-11-16,19(2)3)15-8-6-5-7-9-15;;/h5-14,23H,4,15-20H2,1-3H3;5-9,16,18H,4,10-14H2,1-3H3;2*1H. The lowest BCUT2D eigenvalue weighted by atomic mass is 9.74. The van der Waals surface area contributed by atoms with Crippen molar-refractivity contribution in [2.75, 3.05) is 41.3 Å². The topological polar surface area (TPSA) is 38.8 Å². The third kappa shape index (κ3) is 11.3. The third-order valence-corrected chi connectivity index (χ3v) is 11.1. The Morgan fingerprint density at radius 3 is 1.71 bits per heavy atom. The van der Waals surface area contributed by atoms with E-state index in [1.807, 2.05) is 30.3 Å². The van der Waals surface area contributed by atoms with Crippen LogP contribution in [0.3, 0.4) is 0 Å². The number of nitrogens with one attached hydrogen (secondary N) is 1. The van der Waals surface area contributed by atoms with Gasteiger partial charge in [-0.2, -0.15) is 0 Å². The highest BCUT2D eigenvalue weighted by Crippen LogP contribution is 2.41. The van der Waals surface area contributed by atoms with E-state index in [0.717, 1.165) is 63.2 Å². The molecule has 3 aromatic rings. The summed E-state index contributed by atoms with van der Waals surface area (Å²) < 4.78 is 0. The zero-order valence-electron chi connectivity index (χ0n) is 31.1. The number of hydrogen-bond acceptors (Lipinski definition) is 4. The molecule has 0 bridgehead atoms. The van der Waals surface area contributed by atoms with Crippen LogP contribution in [0.5, 0.6) is 0 Å². The van der Waals surface area contributed by atoms with Crippen molar-refractivity contribution in [1.29, 1.82) is 0 Å². The van der Waals surface area contributed by atoms with Crippen molar-refractivity contribution in [3.8, 4) is 0 Å². The predicted octanol–water partition coefficient (Wildman–Crippen LogP) is 9.25. The van der Waals surface area contributed by atoms with Gasteiger partial charge in [0.25, 0.3) is 5.91 Å². The smallest absolute Gasteiger partial charge is 0.254 e. The molecule has 7 heteroatoms. The molecule has 2 aliphatic rings. The van der Waals surface area contributed by atoms with Crippen LogP contribution in [0.25, 0.3) is 0 Å². The average Bonchev–Trinajstić information content (AvgIpc) is 3.11. The van der Waals surface area contributed by atoms with E-state index in [-0.39, 0.29) is 41.8 Å². The highest BCUT2D eigenvalue weighted by atomic mass is 35.5. The summed E-state index contributed by atoms with van der Waals surface area (Å²) in [6.45, 7) is 6.40. The third-order valence-electron chi connectivity index (χ3n) is 11.1. The van der Waals surface area contributed by atoms with Crippen LogP contribution < -0.4 is 5.32 Å². The van der Waals surface area contributed by atoms with Crippen molar-refractivity contribution in [2.45, 2.75) is 108 Å². The normalized spacial score (nSPS) is 23.4. The summed E-state index contributed by atoms with van der Waals surface area (Å²) in [7, 11) is 8.88. The summed E-state index contributed by atoms with van der Waals surface area (Å²) in [6, 6.07) is 32.7. The highest BCUT2D eigenvalue weighted by Gasteiger charge is 2.40. The summed E-state index contributed by atoms with van der Waals surface area (Å²) in [5.74, 6) is 0.188. The van der Waals surface area contributed by atoms with Crippen molar-refractivity contribution in [1.82, 2.24) is 20.0 Å². The Morgan fingerprint density at radius 2 is 1.22 bits per heavy atom. The van der Waals surface area contributed by atoms with Gasteiger partial charge in [0.05, 0.1) is 0 Å². The Hall–Kier alpha value is -2.41. The molecule has 2 fully saturated rings. The van der Waals surface area contributed by atoms with Crippen molar-refractivity contribution in [2.24, 2.45) is 0 Å². The van der Waals surface area contributed by atoms with Gasteiger partial charge in [-0.25, -0.2) is 0 Å². The molecule has 5 nitrogen and oxygen atoms in total. The van der Waals surface area contributed by atoms with Crippen molar-refractivity contribution in [3.63, 3.8) is 0 Å². The Morgan fingerprint density at radius 1 is 0.694 bits per heavy atom. The van der Waals surface area contributed by atoms with Gasteiger partial charge in [0.15, 0.2) is 0 Å². The van der Waals surface area contributed by atoms with Gasteiger partial charge < -0.3 is 15.1 Å². The van der Waals surface area contributed by atoms with Crippen LogP contribution in [0.4, 0.5) is 0 Å². The number of hydrogen-bond donors (Lipinski definition) is 1. The van der Waals surface area contributed by atoms with E-state index in [1.165, 1.54) is 43.2 Å². The summed E-state index contributed by atoms with van der Waals surface area (Å²) in [4.78, 5) is 20.1. The lowest BCUT2D eigenvalue weighted by Crippen LogP contribution is -2.53. The van der Waals surface area contributed by atoms with Crippen LogP contribution in [0.15, 0.2) is 91.0 Å². The van der Waals surface area contributed by atoms with Crippen LogP contribution >= 0.6 is 24.8 Å². The quantitative estimate of drug-likeness (QED) is 0.203. The fourth-order valence-corrected chi connectivity index (χ4v) is 8.04. The lowest BCUT2D eigenvalue weighted by Gasteiger charge is -2.47. The first kappa shape index (κ1) is 42.8. The molecule has 0 heterocycles. The van der Waals surface area contributed by atoms with Crippen molar-refractivity contribution < 1.29 is 4.79 Å². The van der Waals surface area contributed by atoms with E-state index >= 15 is 0 Å². The Kier molecular flexibility index (Phi) is 18.4. The molecule has 49 heavy (non-hydrogen) atoms. The van der Waals surface area contributed by atoms with Gasteiger partial charge in [-0.1, -0.05) is 92.7 Å². The number of benzene rings is 3. The van der Waals surface area contributed by atoms with Gasteiger partial charge in [0.2, 0.25) is 0 Å². The number of halogens is 2. The van der Waals surface area contributed by atoms with Crippen LogP contribution in [0, 0.1) is 0 Å². The number of amides is 1. The number of rotatable bonds is 12. The number of nitrogens with zero attached hydrogens (tertiary/aromatic N) is 3. The van der Waals surface area contributed by atoms with E-state index in [9.17, 15) is 4.79 Å². The summed E-state index contributed by atoms with van der Waals surface area (Å²) in [5.41, 5.74) is 4.12. The molecule has 0 radical (unpaired) electrons. The average molecular weight is 712 g/mol. The highest BCUT2D eigenvalue weighted by molar-refractivity contribution is 5.94. The molecule has 0 unspecified atom stereocenters. The van der Waals surface area contributed by atoms with Gasteiger partial charge in [-0.05, 0) is 129 Å². The van der Waals surface area contributed by atoms with E-state index in [0.29, 0.717) is 6.04 Å². The van der Waals surface area contributed by atoms with Gasteiger partial charge >= 0.3 is 0 Å². The second-order valence-electron chi connectivity index (χ2n) is 14.4. The predicted molar refractivity (Wildman–Crippen MR) is 213 cm³/mol. The van der Waals surface area contributed by atoms with Gasteiger partial charge in [0, 0.05) is 35.3 Å². The first-order valence-electron chi connectivity index (χ1n) is 18.3. The van der Waals surface area contributed by atoms with Crippen LogP contribution in [0.1, 0.15) is 99.5 Å². The van der Waals surface area contributed by atoms with Crippen LogP contribution in [-0.2, 0) is 12.0 Å². The van der Waals surface area contributed by atoms with Gasteiger partial charge in [-0.3, -0.25) is 9.69 Å². The molecular formula is C42H64Cl2N4O. The summed E-state index contributed by atoms with van der Waals surface area (Å²) in [6.07, 6.45) is 12.8. The molecular weight excluding hydrogens is 647 g/mol. The first-order chi connectivity index (χ1) is 22.7. The zero-order valence-corrected chi connectivity index (χ0v) is 32.7. The molecule has 2 saturated carbocycles. The van der Waals surface area contributed by atoms with Crippen molar-refractivity contribution in [3.05, 3.63) is 108 Å². The van der Waals surface area contributed by atoms with E-state index < -0.39 is 0 Å². The molecule has 5 rings (SSSR count). The minimum absolute atomic E-state index is 0. The monoisotopic (exact) mass is 710 g/mol. The SMILES string of the molecule is CCCN(C(=O)c1ccccc1)C1CCC(Cc2ccccc2)(N(C)C)CC1.CCCNC1CCC(c2ccccc2)(N(C)C)CC1.Cl.Cl. The Balaban J connectivity index is 0.000000349. The zero-order chi connectivity index (χ0) is 33.7. The molecule has 1 amide bonds. The van der Waals surface area contributed by atoms with Crippen molar-refractivity contribution >= 4 is 30.7 Å². The molecule has 0 atom stereocenters. The second kappa shape index (κ2) is 21.1. The van der Waals surface area contributed by atoms with E-state index in [2.05, 4.69) is 123 Å². The summed E-state index contributed by atoms with van der Waals surface area (Å²) >= 11 is 0. The molecule has 272 valence electrons. The molecule has 2 aliphatic carbocycles. The molecule has 0 aliphatic heterocycles. The van der Waals surface area contributed by atoms with Crippen LogP contribution in [-0.4, -0.2) is 79.5 Å². The Bertz CT molecular complexity index is 1310. The maximum atomic E-state index is 13.1. The number of carbonyl (C=O) groups is 1. The van der Waals surface area contributed by atoms with E-state index in [4.69, 9.17) is 0 Å². The van der Waals surface area contributed by atoms with Crippen LogP contribution in [0.2, 0.25) is 0 Å². The molecule has 3 aromatic carbocycles. The van der Waals surface area contributed by atoms with E-state index in [1.54, 1.807) is 0 Å². The van der Waals surface area contributed by atoms with Gasteiger partial charge in [0.1, 0.15) is 0 Å². The molecule has 0 spiro atoms.